The maximum atomic E-state index is 5.37. The Morgan fingerprint density at radius 2 is 1.75 bits per heavy atom. The number of unbranched alkanes of at least 4 members (excludes halogenated alkanes) is 2. The summed E-state index contributed by atoms with van der Waals surface area (Å²) in [4.78, 5) is 0. The molecule has 0 radical (unpaired) electrons. The molecule has 0 aliphatic carbocycles. The summed E-state index contributed by atoms with van der Waals surface area (Å²) < 4.78 is 0. The third-order valence-corrected chi connectivity index (χ3v) is 2.74. The smallest absolute Gasteiger partial charge is 0.0573 e. The molecule has 0 saturated heterocycles. The summed E-state index contributed by atoms with van der Waals surface area (Å²) in [5.41, 5.74) is 5.37. The maximum absolute atomic E-state index is 5.37. The summed E-state index contributed by atoms with van der Waals surface area (Å²) >= 11 is 0. The lowest BCUT2D eigenvalue weighted by molar-refractivity contribution is 0.767. The number of nitrogens with two attached hydrogens (primary N) is 1. The lowest BCUT2D eigenvalue weighted by Gasteiger charge is -2.09. The second kappa shape index (κ2) is 6.27. The van der Waals surface area contributed by atoms with E-state index in [2.05, 4.69) is 31.5 Å². The van der Waals surface area contributed by atoms with Crippen molar-refractivity contribution in [2.24, 2.45) is 5.73 Å². The Bertz CT molecular complexity index is 159. The highest BCUT2D eigenvalue weighted by Gasteiger charge is 2.09. The molecule has 0 heterocycles. The molecule has 0 bridgehead atoms. The van der Waals surface area contributed by atoms with Gasteiger partial charge in [-0.15, -0.1) is 11.8 Å². The highest BCUT2D eigenvalue weighted by atomic mass is 28.3. The van der Waals surface area contributed by atoms with Crippen LogP contribution < -0.4 is 5.73 Å². The van der Waals surface area contributed by atoms with Gasteiger partial charge >= 0.3 is 0 Å². The predicted octanol–water partition coefficient (Wildman–Crippen LogP) is 2.46. The van der Waals surface area contributed by atoms with E-state index in [9.17, 15) is 0 Å². The van der Waals surface area contributed by atoms with Gasteiger partial charge in [-0.2, -0.15) is 0 Å². The van der Waals surface area contributed by atoms with Gasteiger partial charge in [-0.25, -0.2) is 0 Å². The van der Waals surface area contributed by atoms with Crippen LogP contribution in [0.25, 0.3) is 0 Å². The Morgan fingerprint density at radius 1 is 1.08 bits per heavy atom. The van der Waals surface area contributed by atoms with E-state index in [1.54, 1.807) is 0 Å². The van der Waals surface area contributed by atoms with Crippen LogP contribution in [0.2, 0.25) is 25.7 Å². The quantitative estimate of drug-likeness (QED) is 0.404. The van der Waals surface area contributed by atoms with Gasteiger partial charge in [0.2, 0.25) is 0 Å². The Hall–Kier alpha value is -0.263. The molecule has 0 unspecified atom stereocenters. The first-order valence-electron chi connectivity index (χ1n) is 4.72. The van der Waals surface area contributed by atoms with Crippen LogP contribution in [0.3, 0.4) is 0 Å². The normalized spacial score (nSPS) is 10.7. The summed E-state index contributed by atoms with van der Waals surface area (Å²) in [6.45, 7) is 7.85. The molecule has 70 valence electrons. The van der Waals surface area contributed by atoms with Gasteiger partial charge in [-0.05, 0) is 19.4 Å². The van der Waals surface area contributed by atoms with Crippen molar-refractivity contribution in [2.75, 3.05) is 6.54 Å². The zero-order valence-corrected chi connectivity index (χ0v) is 9.61. The van der Waals surface area contributed by atoms with Gasteiger partial charge < -0.3 is 5.73 Å². The fourth-order valence-electron chi connectivity index (χ4n) is 0.774. The van der Waals surface area contributed by atoms with Gasteiger partial charge in [0.15, 0.2) is 0 Å². The molecule has 2 N–H and O–H groups in total. The zero-order chi connectivity index (χ0) is 9.45. The molecular formula is C10H21NSi. The van der Waals surface area contributed by atoms with Crippen LogP contribution >= 0.6 is 0 Å². The molecule has 0 rings (SSSR count). The van der Waals surface area contributed by atoms with Crippen LogP contribution in [0.1, 0.15) is 19.3 Å². The molecule has 0 aliphatic heterocycles. The highest BCUT2D eigenvalue weighted by Crippen LogP contribution is 2.05. The molecule has 0 aromatic carbocycles. The largest absolute Gasteiger partial charge is 0.330 e. The average molecular weight is 183 g/mol. The van der Waals surface area contributed by atoms with Crippen molar-refractivity contribution < 1.29 is 0 Å². The molecule has 1 nitrogen and oxygen atoms in total. The number of hydrogen-bond acceptors (Lipinski definition) is 1. The van der Waals surface area contributed by atoms with E-state index in [0.717, 1.165) is 31.9 Å². The Labute approximate surface area is 77.7 Å². The van der Waals surface area contributed by atoms with Gasteiger partial charge in [0, 0.05) is 12.5 Å². The van der Waals surface area contributed by atoms with E-state index >= 15 is 0 Å². The van der Waals surface area contributed by atoms with Crippen molar-refractivity contribution in [1.29, 1.82) is 0 Å². The lowest BCUT2D eigenvalue weighted by atomic mass is 10.2. The summed E-state index contributed by atoms with van der Waals surface area (Å²) in [6.07, 6.45) is 3.30. The average Bonchev–Trinajstić information content (AvgIpc) is 1.94. The highest BCUT2D eigenvalue weighted by molar-refractivity contribution is 6.76. The van der Waals surface area contributed by atoms with Crippen LogP contribution in [0.15, 0.2) is 0 Å². The number of rotatable bonds is 4. The van der Waals surface area contributed by atoms with Crippen LogP contribution in [-0.2, 0) is 0 Å². The molecule has 0 aromatic rings. The summed E-state index contributed by atoms with van der Waals surface area (Å²) in [6, 6.07) is 1.13. The van der Waals surface area contributed by atoms with Gasteiger partial charge in [0.05, 0.1) is 8.07 Å². The van der Waals surface area contributed by atoms with Crippen molar-refractivity contribution in [1.82, 2.24) is 0 Å². The second-order valence-electron chi connectivity index (χ2n) is 4.34. The molecular weight excluding hydrogens is 162 g/mol. The van der Waals surface area contributed by atoms with Crippen molar-refractivity contribution in [3.8, 4) is 11.8 Å². The van der Waals surface area contributed by atoms with Gasteiger partial charge in [-0.1, -0.05) is 19.6 Å². The molecule has 0 fully saturated rings. The molecule has 0 atom stereocenters. The van der Waals surface area contributed by atoms with Crippen LogP contribution in [0.4, 0.5) is 0 Å². The summed E-state index contributed by atoms with van der Waals surface area (Å²) in [7, 11) is -0.924. The minimum absolute atomic E-state index is 0.801. The van der Waals surface area contributed by atoms with E-state index < -0.39 is 8.07 Å². The predicted molar refractivity (Wildman–Crippen MR) is 58.8 cm³/mol. The van der Waals surface area contributed by atoms with E-state index in [1.807, 2.05) is 0 Å². The van der Waals surface area contributed by atoms with E-state index in [1.165, 1.54) is 0 Å². The zero-order valence-electron chi connectivity index (χ0n) is 8.61. The number of hydrogen-bond donors (Lipinski definition) is 1. The van der Waals surface area contributed by atoms with Crippen molar-refractivity contribution in [3.05, 3.63) is 0 Å². The third kappa shape index (κ3) is 9.74. The standard InChI is InChI=1S/C10H21NSi/c1-12(2,3)10-8-6-4-5-7-9-11/h4-5,7,9-11H2,1-3H3. The molecule has 0 saturated carbocycles. The first-order chi connectivity index (χ1) is 5.56. The van der Waals surface area contributed by atoms with E-state index in [-0.39, 0.29) is 0 Å². The van der Waals surface area contributed by atoms with Gasteiger partial charge in [0.25, 0.3) is 0 Å². The summed E-state index contributed by atoms with van der Waals surface area (Å²) in [5.74, 6) is 6.46. The van der Waals surface area contributed by atoms with Crippen molar-refractivity contribution >= 4 is 8.07 Å². The topological polar surface area (TPSA) is 26.0 Å². The Balaban J connectivity index is 3.35. The van der Waals surface area contributed by atoms with Gasteiger partial charge in [-0.3, -0.25) is 0 Å². The SMILES string of the molecule is C[Si](C)(C)CC#CCCCCN. The van der Waals surface area contributed by atoms with Crippen LogP contribution in [-0.4, -0.2) is 14.6 Å². The molecule has 12 heavy (non-hydrogen) atoms. The minimum Gasteiger partial charge on any atom is -0.330 e. The first kappa shape index (κ1) is 11.7. The monoisotopic (exact) mass is 183 g/mol. The molecule has 0 aromatic heterocycles. The maximum Gasteiger partial charge on any atom is 0.0573 e. The van der Waals surface area contributed by atoms with E-state index in [0.29, 0.717) is 0 Å². The Kier molecular flexibility index (Phi) is 6.14. The van der Waals surface area contributed by atoms with Crippen molar-refractivity contribution in [2.45, 2.75) is 44.9 Å². The lowest BCUT2D eigenvalue weighted by Crippen LogP contribution is -2.17. The summed E-state index contributed by atoms with van der Waals surface area (Å²) in [5, 5.41) is 0. The fourth-order valence-corrected chi connectivity index (χ4v) is 1.43. The molecule has 0 aliphatic rings. The van der Waals surface area contributed by atoms with Crippen LogP contribution in [0, 0.1) is 11.8 Å². The molecule has 0 spiro atoms. The molecule has 2 heteroatoms. The van der Waals surface area contributed by atoms with Crippen molar-refractivity contribution in [3.63, 3.8) is 0 Å². The minimum atomic E-state index is -0.924. The Morgan fingerprint density at radius 3 is 2.25 bits per heavy atom. The van der Waals surface area contributed by atoms with E-state index in [4.69, 9.17) is 5.73 Å². The van der Waals surface area contributed by atoms with Gasteiger partial charge in [0.1, 0.15) is 0 Å². The first-order valence-corrected chi connectivity index (χ1v) is 8.43. The third-order valence-electron chi connectivity index (χ3n) is 1.50. The van der Waals surface area contributed by atoms with Crippen LogP contribution in [0.5, 0.6) is 0 Å². The fraction of sp³-hybridized carbons (Fsp3) is 0.800. The second-order valence-corrected chi connectivity index (χ2v) is 9.81. The molecule has 0 amide bonds.